The molecule has 2 atom stereocenters. The van der Waals surface area contributed by atoms with Crippen LogP contribution in [0.3, 0.4) is 0 Å². The van der Waals surface area contributed by atoms with E-state index in [0.29, 0.717) is 18.5 Å². The Balaban J connectivity index is 1.59. The number of aromatic nitrogens is 2. The van der Waals surface area contributed by atoms with Crippen LogP contribution in [0.5, 0.6) is 0 Å². The number of nitrogens with zero attached hydrogens (tertiary/aromatic N) is 2. The van der Waals surface area contributed by atoms with Gasteiger partial charge in [-0.1, -0.05) is 0 Å². The molecule has 3 rings (SSSR count). The number of carbonyl (C=O) groups excluding carboxylic acids is 3. The number of aromatic amines is 1. The number of rotatable bonds is 7. The molecule has 2 aromatic rings. The third-order valence-corrected chi connectivity index (χ3v) is 4.86. The lowest BCUT2D eigenvalue weighted by atomic mass is 10.0. The summed E-state index contributed by atoms with van der Waals surface area (Å²) < 4.78 is 5.43. The van der Waals surface area contributed by atoms with E-state index in [1.165, 1.54) is 18.2 Å². The van der Waals surface area contributed by atoms with Crippen LogP contribution in [0.15, 0.2) is 29.4 Å². The van der Waals surface area contributed by atoms with Crippen molar-refractivity contribution < 1.29 is 19.1 Å². The number of hydrogen-bond acceptors (Lipinski definition) is 7. The van der Waals surface area contributed by atoms with Crippen LogP contribution < -0.4 is 10.6 Å². The lowest BCUT2D eigenvalue weighted by Crippen LogP contribution is -2.33. The van der Waals surface area contributed by atoms with Gasteiger partial charge in [0.25, 0.3) is 5.91 Å². The van der Waals surface area contributed by atoms with Gasteiger partial charge < -0.3 is 15.4 Å². The number of anilines is 1. The third kappa shape index (κ3) is 5.07. The number of amides is 2. The Morgan fingerprint density at radius 3 is 2.80 bits per heavy atom. The van der Waals surface area contributed by atoms with Gasteiger partial charge in [-0.15, -0.1) is 4.91 Å². The highest BCUT2D eigenvalue weighted by atomic mass is 16.6. The van der Waals surface area contributed by atoms with Crippen molar-refractivity contribution in [3.8, 4) is 0 Å². The Morgan fingerprint density at radius 2 is 2.10 bits per heavy atom. The summed E-state index contributed by atoms with van der Waals surface area (Å²) in [7, 11) is 0. The van der Waals surface area contributed by atoms with Crippen LogP contribution in [0.2, 0.25) is 0 Å². The summed E-state index contributed by atoms with van der Waals surface area (Å²) in [5, 5.41) is 15.1. The molecule has 0 spiro atoms. The average molecular weight is 413 g/mol. The van der Waals surface area contributed by atoms with Crippen molar-refractivity contribution in [3.63, 3.8) is 0 Å². The van der Waals surface area contributed by atoms with E-state index in [0.717, 1.165) is 18.5 Å². The maximum Gasteiger partial charge on any atom is 0.407 e. The van der Waals surface area contributed by atoms with Gasteiger partial charge in [-0.25, -0.2) is 4.79 Å². The fraction of sp³-hybridized carbons (Fsp3) is 0.400. The summed E-state index contributed by atoms with van der Waals surface area (Å²) >= 11 is 0. The quantitative estimate of drug-likeness (QED) is 0.467. The van der Waals surface area contributed by atoms with E-state index >= 15 is 0 Å². The topological polar surface area (TPSA) is 143 Å². The number of hydrogen-bond donors (Lipinski definition) is 3. The molecule has 1 heterocycles. The minimum absolute atomic E-state index is 0.0153. The second-order valence-corrected chi connectivity index (χ2v) is 7.48. The van der Waals surface area contributed by atoms with E-state index in [2.05, 4.69) is 26.0 Å². The largest absolute Gasteiger partial charge is 0.446 e. The Hall–Kier alpha value is -3.56. The van der Waals surface area contributed by atoms with Gasteiger partial charge in [-0.3, -0.25) is 14.7 Å². The summed E-state index contributed by atoms with van der Waals surface area (Å²) in [6, 6.07) is 5.80. The number of nitrogens with one attached hydrogen (secondary N) is 3. The van der Waals surface area contributed by atoms with Crippen molar-refractivity contribution in [1.29, 1.82) is 0 Å². The van der Waals surface area contributed by atoms with Crippen molar-refractivity contribution in [2.24, 2.45) is 5.18 Å². The summed E-state index contributed by atoms with van der Waals surface area (Å²) in [5.41, 5.74) is 1.04. The zero-order chi connectivity index (χ0) is 21.7. The first kappa shape index (κ1) is 21.2. The fourth-order valence-electron chi connectivity index (χ4n) is 3.41. The minimum Gasteiger partial charge on any atom is -0.446 e. The van der Waals surface area contributed by atoms with E-state index < -0.39 is 12.0 Å². The minimum atomic E-state index is -0.478. The molecule has 158 valence electrons. The summed E-state index contributed by atoms with van der Waals surface area (Å²) in [6.07, 6.45) is 2.17. The fourth-order valence-corrected chi connectivity index (χ4v) is 3.41. The number of benzene rings is 1. The lowest BCUT2D eigenvalue weighted by molar-refractivity contribution is 0.0979. The molecule has 0 radical (unpaired) electrons. The van der Waals surface area contributed by atoms with E-state index in [4.69, 9.17) is 4.74 Å². The Kier molecular flexibility index (Phi) is 6.55. The van der Waals surface area contributed by atoms with Gasteiger partial charge in [-0.05, 0) is 56.5 Å². The summed E-state index contributed by atoms with van der Waals surface area (Å²) in [5.74, 6) is -0.0110. The molecule has 1 aliphatic carbocycles. The molecule has 30 heavy (non-hydrogen) atoms. The summed E-state index contributed by atoms with van der Waals surface area (Å²) in [6.45, 7) is 3.73. The molecule has 1 aromatic heterocycles. The number of H-pyrrole nitrogens is 1. The van der Waals surface area contributed by atoms with Crippen molar-refractivity contribution in [1.82, 2.24) is 15.5 Å². The van der Waals surface area contributed by atoms with E-state index in [-0.39, 0.29) is 34.9 Å². The molecule has 2 amide bonds. The van der Waals surface area contributed by atoms with Gasteiger partial charge in [-0.2, -0.15) is 5.10 Å². The van der Waals surface area contributed by atoms with E-state index in [1.807, 2.05) is 13.8 Å². The van der Waals surface area contributed by atoms with E-state index in [9.17, 15) is 19.3 Å². The zero-order valence-corrected chi connectivity index (χ0v) is 16.7. The number of nitroso groups, excluding NO2 is 1. The van der Waals surface area contributed by atoms with Gasteiger partial charge in [0.1, 0.15) is 11.8 Å². The molecular weight excluding hydrogens is 390 g/mol. The number of aldehydes is 1. The third-order valence-electron chi connectivity index (χ3n) is 4.86. The lowest BCUT2D eigenvalue weighted by Gasteiger charge is -2.14. The second-order valence-electron chi connectivity index (χ2n) is 7.48. The molecule has 0 bridgehead atoms. The van der Waals surface area contributed by atoms with Crippen molar-refractivity contribution in [2.75, 3.05) is 5.32 Å². The van der Waals surface area contributed by atoms with Crippen LogP contribution in [-0.4, -0.2) is 40.6 Å². The zero-order valence-electron chi connectivity index (χ0n) is 16.7. The first-order chi connectivity index (χ1) is 14.4. The monoisotopic (exact) mass is 413 g/mol. The molecule has 3 N–H and O–H groups in total. The van der Waals surface area contributed by atoms with E-state index in [1.54, 1.807) is 6.07 Å². The van der Waals surface area contributed by atoms with Gasteiger partial charge in [0, 0.05) is 34.8 Å². The Bertz CT molecular complexity index is 955. The van der Waals surface area contributed by atoms with Crippen LogP contribution in [0.4, 0.5) is 16.3 Å². The maximum atomic E-state index is 12.4. The van der Waals surface area contributed by atoms with Crippen molar-refractivity contribution >= 4 is 29.8 Å². The number of ether oxygens (including phenoxy) is 1. The Morgan fingerprint density at radius 1 is 1.30 bits per heavy atom. The van der Waals surface area contributed by atoms with Gasteiger partial charge in [0.2, 0.25) is 0 Å². The molecule has 1 aromatic carbocycles. The predicted molar refractivity (Wildman–Crippen MR) is 109 cm³/mol. The molecule has 2 unspecified atom stereocenters. The molecule has 10 nitrogen and oxygen atoms in total. The first-order valence-electron chi connectivity index (χ1n) is 9.66. The first-order valence-corrected chi connectivity index (χ1v) is 9.66. The molecular formula is C20H23N5O5. The maximum absolute atomic E-state index is 12.4. The smallest absolute Gasteiger partial charge is 0.407 e. The normalized spacial score (nSPS) is 18.1. The van der Waals surface area contributed by atoms with Gasteiger partial charge in [0.15, 0.2) is 12.1 Å². The second kappa shape index (κ2) is 9.29. The molecule has 1 fully saturated rings. The highest BCUT2D eigenvalue weighted by Crippen LogP contribution is 2.35. The number of alkyl carbamates (subject to hydrolysis) is 1. The standard InChI is InChI=1S/C20H23N5O5/c1-11(2)21-20(28)30-15-6-5-12(7-15)16-9-18(24-23-16)22-19(27)13-3-4-14(10-26)17(8-13)25-29/h3-4,8-12,15H,5-7H2,1-2H3,(H,21,28)(H2,22,23,24,27). The van der Waals surface area contributed by atoms with Gasteiger partial charge >= 0.3 is 6.09 Å². The Labute approximate surface area is 172 Å². The van der Waals surface area contributed by atoms with Crippen molar-refractivity contribution in [2.45, 2.75) is 51.2 Å². The highest BCUT2D eigenvalue weighted by molar-refractivity contribution is 6.05. The van der Waals surface area contributed by atoms with Crippen LogP contribution in [0, 0.1) is 4.91 Å². The van der Waals surface area contributed by atoms with Crippen LogP contribution in [-0.2, 0) is 4.74 Å². The molecule has 10 heteroatoms. The average Bonchev–Trinajstić information content (AvgIpc) is 3.36. The van der Waals surface area contributed by atoms with Gasteiger partial charge in [0.05, 0.1) is 0 Å². The van der Waals surface area contributed by atoms with Crippen molar-refractivity contribution in [3.05, 3.63) is 46.0 Å². The number of carbonyl (C=O) groups is 3. The molecule has 0 aliphatic heterocycles. The molecule has 0 saturated heterocycles. The predicted octanol–water partition coefficient (Wildman–Crippen LogP) is 3.64. The van der Waals surface area contributed by atoms with Crippen LogP contribution >= 0.6 is 0 Å². The highest BCUT2D eigenvalue weighted by Gasteiger charge is 2.30. The molecule has 1 saturated carbocycles. The van der Waals surface area contributed by atoms with Crippen LogP contribution in [0.25, 0.3) is 0 Å². The molecule has 1 aliphatic rings. The van der Waals surface area contributed by atoms with Crippen LogP contribution in [0.1, 0.15) is 65.4 Å². The summed E-state index contributed by atoms with van der Waals surface area (Å²) in [4.78, 5) is 45.9. The SMILES string of the molecule is CC(C)NC(=O)OC1CCC(c2cc(NC(=O)c3ccc(C=O)c(N=O)c3)n[nH]2)C1.